The van der Waals surface area contributed by atoms with E-state index in [-0.39, 0.29) is 5.91 Å². The van der Waals surface area contributed by atoms with Gasteiger partial charge in [-0.2, -0.15) is 0 Å². The highest BCUT2D eigenvalue weighted by Crippen LogP contribution is 2.14. The summed E-state index contributed by atoms with van der Waals surface area (Å²) in [6.07, 6.45) is 0.447. The van der Waals surface area contributed by atoms with E-state index in [1.165, 1.54) is 0 Å². The fraction of sp³-hybridized carbons (Fsp3) is 0.214. The Morgan fingerprint density at radius 2 is 2.00 bits per heavy atom. The van der Waals surface area contributed by atoms with Gasteiger partial charge in [0.2, 0.25) is 5.91 Å². The summed E-state index contributed by atoms with van der Waals surface area (Å²) in [6.45, 7) is 1.79. The Bertz CT molecular complexity index is 642. The molecule has 0 aliphatic carbocycles. The number of nitrogens with zero attached hydrogens (tertiary/aromatic N) is 1. The van der Waals surface area contributed by atoms with E-state index in [9.17, 15) is 9.59 Å². The standard InChI is InChI=1S/C14H16N4O2/c1-2-10(17-14(15)20)13(19)18-12-8-7-9-5-3-4-6-11(9)16-12/h3-8,10H,2H2,1H3,(H3,15,17,20)(H,16,18,19). The van der Waals surface area contributed by atoms with Crippen molar-refractivity contribution < 1.29 is 9.59 Å². The van der Waals surface area contributed by atoms with Crippen molar-refractivity contribution in [2.45, 2.75) is 19.4 Å². The minimum Gasteiger partial charge on any atom is -0.352 e. The summed E-state index contributed by atoms with van der Waals surface area (Å²) < 4.78 is 0. The Morgan fingerprint density at radius 3 is 2.70 bits per heavy atom. The fourth-order valence-corrected chi connectivity index (χ4v) is 1.87. The van der Waals surface area contributed by atoms with Gasteiger partial charge in [-0.3, -0.25) is 4.79 Å². The molecule has 6 heteroatoms. The van der Waals surface area contributed by atoms with Crippen LogP contribution in [0.4, 0.5) is 10.6 Å². The number of anilines is 1. The van der Waals surface area contributed by atoms with Crippen LogP contribution in [0, 0.1) is 0 Å². The summed E-state index contributed by atoms with van der Waals surface area (Å²) in [5.74, 6) is 0.104. The number of rotatable bonds is 4. The number of aromatic nitrogens is 1. The van der Waals surface area contributed by atoms with Gasteiger partial charge < -0.3 is 16.4 Å². The van der Waals surface area contributed by atoms with Crippen LogP contribution in [0.15, 0.2) is 36.4 Å². The van der Waals surface area contributed by atoms with Crippen molar-refractivity contribution in [3.8, 4) is 0 Å². The van der Waals surface area contributed by atoms with Crippen molar-refractivity contribution in [3.63, 3.8) is 0 Å². The molecule has 4 N–H and O–H groups in total. The van der Waals surface area contributed by atoms with Crippen LogP contribution in [-0.4, -0.2) is 23.0 Å². The number of fused-ring (bicyclic) bond motifs is 1. The van der Waals surface area contributed by atoms with Crippen molar-refractivity contribution in [2.75, 3.05) is 5.32 Å². The van der Waals surface area contributed by atoms with Gasteiger partial charge in [0.1, 0.15) is 11.9 Å². The Hall–Kier alpha value is -2.63. The number of amides is 3. The van der Waals surface area contributed by atoms with Crippen molar-refractivity contribution >= 4 is 28.7 Å². The van der Waals surface area contributed by atoms with E-state index in [4.69, 9.17) is 5.73 Å². The molecule has 0 aliphatic rings. The van der Waals surface area contributed by atoms with Crippen LogP contribution in [-0.2, 0) is 4.79 Å². The van der Waals surface area contributed by atoms with E-state index in [0.717, 1.165) is 10.9 Å². The summed E-state index contributed by atoms with van der Waals surface area (Å²) in [4.78, 5) is 27.1. The third-order valence-corrected chi connectivity index (χ3v) is 2.89. The van der Waals surface area contributed by atoms with Crippen molar-refractivity contribution in [1.82, 2.24) is 10.3 Å². The summed E-state index contributed by atoms with van der Waals surface area (Å²) in [7, 11) is 0. The molecule has 0 aliphatic heterocycles. The predicted octanol–water partition coefficient (Wildman–Crippen LogP) is 1.62. The second-order valence-corrected chi connectivity index (χ2v) is 4.35. The van der Waals surface area contributed by atoms with E-state index < -0.39 is 12.1 Å². The Labute approximate surface area is 116 Å². The molecule has 1 atom stereocenters. The van der Waals surface area contributed by atoms with Crippen LogP contribution in [0.5, 0.6) is 0 Å². The van der Waals surface area contributed by atoms with Gasteiger partial charge >= 0.3 is 6.03 Å². The number of para-hydroxylation sites is 1. The van der Waals surface area contributed by atoms with Gasteiger partial charge in [-0.05, 0) is 24.6 Å². The van der Waals surface area contributed by atoms with Crippen molar-refractivity contribution in [1.29, 1.82) is 0 Å². The number of benzene rings is 1. The van der Waals surface area contributed by atoms with Gasteiger partial charge in [0.05, 0.1) is 5.52 Å². The number of urea groups is 1. The zero-order valence-electron chi connectivity index (χ0n) is 11.1. The predicted molar refractivity (Wildman–Crippen MR) is 77.2 cm³/mol. The van der Waals surface area contributed by atoms with Crippen LogP contribution in [0.2, 0.25) is 0 Å². The maximum atomic E-state index is 12.0. The molecule has 104 valence electrons. The lowest BCUT2D eigenvalue weighted by molar-refractivity contribution is -0.118. The molecule has 2 aromatic rings. The minimum atomic E-state index is -0.724. The monoisotopic (exact) mass is 272 g/mol. The summed E-state index contributed by atoms with van der Waals surface area (Å²) in [5, 5.41) is 6.05. The molecule has 0 fully saturated rings. The van der Waals surface area contributed by atoms with Crippen LogP contribution in [0.1, 0.15) is 13.3 Å². The summed E-state index contributed by atoms with van der Waals surface area (Å²) in [5.41, 5.74) is 5.82. The number of hydrogen-bond donors (Lipinski definition) is 3. The summed E-state index contributed by atoms with van der Waals surface area (Å²) >= 11 is 0. The first-order chi connectivity index (χ1) is 9.60. The number of nitrogens with two attached hydrogens (primary N) is 1. The molecule has 2 rings (SSSR count). The SMILES string of the molecule is CCC(NC(N)=O)C(=O)Nc1ccc2ccccc2n1. The van der Waals surface area contributed by atoms with E-state index in [0.29, 0.717) is 12.2 Å². The first-order valence-corrected chi connectivity index (χ1v) is 6.32. The molecule has 1 aromatic heterocycles. The lowest BCUT2D eigenvalue weighted by Gasteiger charge is -2.15. The molecular formula is C14H16N4O2. The lowest BCUT2D eigenvalue weighted by Crippen LogP contribution is -2.45. The molecule has 0 bridgehead atoms. The van der Waals surface area contributed by atoms with Gasteiger partial charge in [0, 0.05) is 5.39 Å². The molecule has 3 amide bonds. The second-order valence-electron chi connectivity index (χ2n) is 4.35. The Kier molecular flexibility index (Phi) is 4.14. The van der Waals surface area contributed by atoms with Crippen LogP contribution < -0.4 is 16.4 Å². The number of nitrogens with one attached hydrogen (secondary N) is 2. The van der Waals surface area contributed by atoms with Gasteiger partial charge in [-0.25, -0.2) is 9.78 Å². The Balaban J connectivity index is 2.14. The first-order valence-electron chi connectivity index (χ1n) is 6.32. The van der Waals surface area contributed by atoms with Crippen LogP contribution in [0.3, 0.4) is 0 Å². The first kappa shape index (κ1) is 13.8. The third-order valence-electron chi connectivity index (χ3n) is 2.89. The molecule has 0 saturated heterocycles. The maximum absolute atomic E-state index is 12.0. The average molecular weight is 272 g/mol. The molecular weight excluding hydrogens is 256 g/mol. The molecule has 1 aromatic carbocycles. The van der Waals surface area contributed by atoms with Crippen molar-refractivity contribution in [2.24, 2.45) is 5.73 Å². The normalized spacial score (nSPS) is 11.8. The second kappa shape index (κ2) is 6.01. The quantitative estimate of drug-likeness (QED) is 0.788. The summed E-state index contributed by atoms with van der Waals surface area (Å²) in [6, 6.07) is 9.81. The van der Waals surface area contributed by atoms with Crippen LogP contribution in [0.25, 0.3) is 10.9 Å². The number of pyridine rings is 1. The molecule has 6 nitrogen and oxygen atoms in total. The van der Waals surface area contributed by atoms with Crippen molar-refractivity contribution in [3.05, 3.63) is 36.4 Å². The number of hydrogen-bond acceptors (Lipinski definition) is 3. The lowest BCUT2D eigenvalue weighted by atomic mass is 10.2. The highest BCUT2D eigenvalue weighted by molar-refractivity contribution is 5.97. The van der Waals surface area contributed by atoms with Gasteiger partial charge in [0.25, 0.3) is 0 Å². The minimum absolute atomic E-state index is 0.339. The van der Waals surface area contributed by atoms with Gasteiger partial charge in [-0.15, -0.1) is 0 Å². The molecule has 20 heavy (non-hydrogen) atoms. The van der Waals surface area contributed by atoms with E-state index >= 15 is 0 Å². The number of primary amides is 1. The zero-order valence-corrected chi connectivity index (χ0v) is 11.1. The van der Waals surface area contributed by atoms with Crippen LogP contribution >= 0.6 is 0 Å². The van der Waals surface area contributed by atoms with E-state index in [1.807, 2.05) is 30.3 Å². The van der Waals surface area contributed by atoms with E-state index in [2.05, 4.69) is 15.6 Å². The average Bonchev–Trinajstić information content (AvgIpc) is 2.44. The zero-order chi connectivity index (χ0) is 14.5. The largest absolute Gasteiger partial charge is 0.352 e. The van der Waals surface area contributed by atoms with Gasteiger partial charge in [0.15, 0.2) is 0 Å². The Morgan fingerprint density at radius 1 is 1.25 bits per heavy atom. The highest BCUT2D eigenvalue weighted by Gasteiger charge is 2.18. The highest BCUT2D eigenvalue weighted by atomic mass is 16.2. The molecule has 1 heterocycles. The van der Waals surface area contributed by atoms with E-state index in [1.54, 1.807) is 13.0 Å². The number of carbonyl (C=O) groups excluding carboxylic acids is 2. The maximum Gasteiger partial charge on any atom is 0.312 e. The molecule has 0 saturated carbocycles. The smallest absolute Gasteiger partial charge is 0.312 e. The number of carbonyl (C=O) groups is 2. The topological polar surface area (TPSA) is 97.1 Å². The molecule has 0 spiro atoms. The third kappa shape index (κ3) is 3.23. The van der Waals surface area contributed by atoms with Gasteiger partial charge in [-0.1, -0.05) is 25.1 Å². The molecule has 1 unspecified atom stereocenters. The molecule has 0 radical (unpaired) electrons. The fourth-order valence-electron chi connectivity index (χ4n) is 1.87.